The highest BCUT2D eigenvalue weighted by Gasteiger charge is 2.22. The highest BCUT2D eigenvalue weighted by atomic mass is 16.5. The number of hydrogen-bond donors (Lipinski definition) is 1. The number of unbranched alkanes of at least 4 members (excludes halogenated alkanes) is 1. The van der Waals surface area contributed by atoms with Crippen molar-refractivity contribution in [3.05, 3.63) is 102 Å². The molecule has 6 heteroatoms. The standard InChI is InChI=1S/C30H31NO5/c1-3-4-16-34-28-14-5-21(2)18-26(28)23-8-6-22(7-9-23)20-36-25-12-10-24(11-13-25)27(19-29(32)33)30-31-15-17-35-30/h5-15,17-18,27H,3-4,16,19-20H2,1-2H3,(H,32,33)/t27-/m0/s1. The summed E-state index contributed by atoms with van der Waals surface area (Å²) in [6.45, 7) is 5.38. The molecule has 0 fully saturated rings. The van der Waals surface area contributed by atoms with E-state index < -0.39 is 11.9 Å². The average Bonchev–Trinajstić information content (AvgIpc) is 3.42. The normalized spacial score (nSPS) is 11.7. The Morgan fingerprint density at radius 2 is 1.81 bits per heavy atom. The van der Waals surface area contributed by atoms with E-state index in [0.717, 1.165) is 40.8 Å². The van der Waals surface area contributed by atoms with Crippen molar-refractivity contribution in [1.29, 1.82) is 0 Å². The van der Waals surface area contributed by atoms with Gasteiger partial charge in [-0.05, 0) is 54.3 Å². The molecule has 0 saturated carbocycles. The number of ether oxygens (including phenoxy) is 2. The van der Waals surface area contributed by atoms with Gasteiger partial charge in [-0.3, -0.25) is 4.79 Å². The first kappa shape index (κ1) is 25.0. The monoisotopic (exact) mass is 485 g/mol. The van der Waals surface area contributed by atoms with Crippen LogP contribution in [0.1, 0.15) is 54.7 Å². The summed E-state index contributed by atoms with van der Waals surface area (Å²) < 4.78 is 17.4. The second-order valence-electron chi connectivity index (χ2n) is 8.78. The number of nitrogens with zero attached hydrogens (tertiary/aromatic N) is 1. The number of aryl methyl sites for hydroxylation is 1. The fourth-order valence-electron chi connectivity index (χ4n) is 3.99. The highest BCUT2D eigenvalue weighted by Crippen LogP contribution is 2.32. The molecule has 0 aliphatic carbocycles. The van der Waals surface area contributed by atoms with E-state index in [9.17, 15) is 9.90 Å². The number of carboxylic acids is 1. The SMILES string of the molecule is CCCCOc1ccc(C)cc1-c1ccc(COc2ccc([C@H](CC(=O)O)c3ncco3)cc2)cc1. The molecule has 0 unspecified atom stereocenters. The molecule has 0 bridgehead atoms. The zero-order valence-electron chi connectivity index (χ0n) is 20.6. The number of carboxylic acid groups (broad SMARTS) is 1. The van der Waals surface area contributed by atoms with Crippen LogP contribution in [0.3, 0.4) is 0 Å². The van der Waals surface area contributed by atoms with E-state index in [2.05, 4.69) is 55.2 Å². The summed E-state index contributed by atoms with van der Waals surface area (Å²) in [5.41, 5.74) is 5.25. The van der Waals surface area contributed by atoms with Crippen molar-refractivity contribution in [2.45, 2.75) is 45.6 Å². The maximum absolute atomic E-state index is 11.3. The lowest BCUT2D eigenvalue weighted by atomic mass is 9.95. The van der Waals surface area contributed by atoms with E-state index in [0.29, 0.717) is 24.9 Å². The fourth-order valence-corrected chi connectivity index (χ4v) is 3.99. The summed E-state index contributed by atoms with van der Waals surface area (Å²) in [6, 6.07) is 22.0. The van der Waals surface area contributed by atoms with E-state index in [4.69, 9.17) is 13.9 Å². The molecule has 0 saturated heterocycles. The molecule has 0 spiro atoms. The predicted octanol–water partition coefficient (Wildman–Crippen LogP) is 7.01. The van der Waals surface area contributed by atoms with Crippen molar-refractivity contribution >= 4 is 5.97 Å². The van der Waals surface area contributed by atoms with Gasteiger partial charge in [0, 0.05) is 5.56 Å². The van der Waals surface area contributed by atoms with Crippen molar-refractivity contribution in [3.63, 3.8) is 0 Å². The summed E-state index contributed by atoms with van der Waals surface area (Å²) in [5.74, 6) is 0.640. The van der Waals surface area contributed by atoms with Crippen LogP contribution in [0.5, 0.6) is 11.5 Å². The molecule has 3 aromatic carbocycles. The van der Waals surface area contributed by atoms with Gasteiger partial charge in [0.15, 0.2) is 0 Å². The number of oxazole rings is 1. The first-order valence-corrected chi connectivity index (χ1v) is 12.2. The van der Waals surface area contributed by atoms with Crippen LogP contribution in [-0.4, -0.2) is 22.7 Å². The van der Waals surface area contributed by atoms with Crippen LogP contribution in [0.25, 0.3) is 11.1 Å². The van der Waals surface area contributed by atoms with Gasteiger partial charge in [-0.25, -0.2) is 4.98 Å². The Bertz CT molecular complexity index is 1250. The smallest absolute Gasteiger partial charge is 0.304 e. The molecule has 186 valence electrons. The maximum Gasteiger partial charge on any atom is 0.304 e. The first-order valence-electron chi connectivity index (χ1n) is 12.2. The number of rotatable bonds is 12. The van der Waals surface area contributed by atoms with Gasteiger partial charge in [0.05, 0.1) is 25.1 Å². The van der Waals surface area contributed by atoms with E-state index >= 15 is 0 Å². The number of hydrogen-bond acceptors (Lipinski definition) is 5. The summed E-state index contributed by atoms with van der Waals surface area (Å²) in [7, 11) is 0. The zero-order valence-corrected chi connectivity index (χ0v) is 20.6. The summed E-state index contributed by atoms with van der Waals surface area (Å²) >= 11 is 0. The molecule has 0 amide bonds. The molecule has 6 nitrogen and oxygen atoms in total. The van der Waals surface area contributed by atoms with Gasteiger partial charge in [-0.15, -0.1) is 0 Å². The molecule has 1 heterocycles. The van der Waals surface area contributed by atoms with Crippen molar-refractivity contribution < 1.29 is 23.8 Å². The zero-order chi connectivity index (χ0) is 25.3. The Morgan fingerprint density at radius 3 is 2.47 bits per heavy atom. The molecule has 0 aliphatic rings. The van der Waals surface area contributed by atoms with Gasteiger partial charge >= 0.3 is 5.97 Å². The van der Waals surface area contributed by atoms with Crippen LogP contribution in [0.2, 0.25) is 0 Å². The number of benzene rings is 3. The Morgan fingerprint density at radius 1 is 1.03 bits per heavy atom. The van der Waals surface area contributed by atoms with Gasteiger partial charge in [-0.2, -0.15) is 0 Å². The largest absolute Gasteiger partial charge is 0.493 e. The number of aromatic nitrogens is 1. The van der Waals surface area contributed by atoms with Crippen molar-refractivity contribution in [1.82, 2.24) is 4.98 Å². The number of aliphatic carboxylic acids is 1. The molecule has 0 aliphatic heterocycles. The summed E-state index contributed by atoms with van der Waals surface area (Å²) in [5, 5.41) is 9.28. The first-order chi connectivity index (χ1) is 17.5. The van der Waals surface area contributed by atoms with Crippen molar-refractivity contribution in [2.75, 3.05) is 6.61 Å². The number of carbonyl (C=O) groups is 1. The minimum Gasteiger partial charge on any atom is -0.493 e. The Labute approximate surface area is 211 Å². The Hall–Kier alpha value is -4.06. The van der Waals surface area contributed by atoms with E-state index in [1.54, 1.807) is 0 Å². The minimum atomic E-state index is -0.910. The van der Waals surface area contributed by atoms with Gasteiger partial charge in [0.25, 0.3) is 0 Å². The van der Waals surface area contributed by atoms with Crippen LogP contribution >= 0.6 is 0 Å². The minimum absolute atomic E-state index is 0.0979. The molecule has 1 aromatic heterocycles. The van der Waals surface area contributed by atoms with Gasteiger partial charge in [0.2, 0.25) is 5.89 Å². The quantitative estimate of drug-likeness (QED) is 0.217. The average molecular weight is 486 g/mol. The fraction of sp³-hybridized carbons (Fsp3) is 0.267. The topological polar surface area (TPSA) is 81.8 Å². The molecule has 36 heavy (non-hydrogen) atoms. The summed E-state index contributed by atoms with van der Waals surface area (Å²) in [4.78, 5) is 15.4. The highest BCUT2D eigenvalue weighted by molar-refractivity contribution is 5.71. The Kier molecular flexibility index (Phi) is 8.40. The van der Waals surface area contributed by atoms with E-state index in [-0.39, 0.29) is 6.42 Å². The lowest BCUT2D eigenvalue weighted by Crippen LogP contribution is -2.08. The molecule has 4 aromatic rings. The molecule has 0 radical (unpaired) electrons. The molecule has 1 atom stereocenters. The predicted molar refractivity (Wildman–Crippen MR) is 138 cm³/mol. The van der Waals surface area contributed by atoms with E-state index in [1.807, 2.05) is 30.3 Å². The summed E-state index contributed by atoms with van der Waals surface area (Å²) in [6.07, 6.45) is 5.00. The Balaban J connectivity index is 1.41. The second-order valence-corrected chi connectivity index (χ2v) is 8.78. The van der Waals surface area contributed by atoms with E-state index in [1.165, 1.54) is 18.0 Å². The molecule has 4 rings (SSSR count). The van der Waals surface area contributed by atoms with Gasteiger partial charge < -0.3 is 19.0 Å². The van der Waals surface area contributed by atoms with Crippen LogP contribution < -0.4 is 9.47 Å². The molecule has 1 N–H and O–H groups in total. The lowest BCUT2D eigenvalue weighted by molar-refractivity contribution is -0.137. The van der Waals surface area contributed by atoms with Crippen LogP contribution in [-0.2, 0) is 11.4 Å². The lowest BCUT2D eigenvalue weighted by Gasteiger charge is -2.14. The van der Waals surface area contributed by atoms with Crippen LogP contribution in [0, 0.1) is 6.92 Å². The maximum atomic E-state index is 11.3. The van der Waals surface area contributed by atoms with Gasteiger partial charge in [0.1, 0.15) is 24.4 Å². The van der Waals surface area contributed by atoms with Crippen LogP contribution in [0.15, 0.2) is 83.6 Å². The molecular formula is C30H31NO5. The van der Waals surface area contributed by atoms with Crippen LogP contribution in [0.4, 0.5) is 0 Å². The third-order valence-corrected chi connectivity index (χ3v) is 5.97. The van der Waals surface area contributed by atoms with Crippen molar-refractivity contribution in [2.24, 2.45) is 0 Å². The second kappa shape index (κ2) is 12.1. The molecular weight excluding hydrogens is 454 g/mol. The third-order valence-electron chi connectivity index (χ3n) is 5.97. The third kappa shape index (κ3) is 6.54. The van der Waals surface area contributed by atoms with Gasteiger partial charge in [-0.1, -0.05) is 61.4 Å². The van der Waals surface area contributed by atoms with Crippen molar-refractivity contribution in [3.8, 4) is 22.6 Å².